The second-order valence-electron chi connectivity index (χ2n) is 16.1. The molecule has 2 amide bonds. The number of Topliss-reactive ketones (excluding diaryl/α,β-unsaturated/α-hetero) is 4. The van der Waals surface area contributed by atoms with Crippen molar-refractivity contribution in [2.45, 2.75) is 129 Å². The lowest BCUT2D eigenvalue weighted by Gasteiger charge is -2.63. The highest BCUT2D eigenvalue weighted by Gasteiger charge is 2.84. The first-order chi connectivity index (χ1) is 25.7. The standard InChI is InChI=1S/C33H43N7O15S/c1-27(2)32(36,24(50)51)40(15(21(46)47)8-18(43)44)33(37,25(52)55-27)28(3)9-13(41)10-29-17(42)11-30(34,23(49)31(29,35)22(28)48)54-19(45)7-5-4-6-16-20-14(12-56-16)38-26(53)39(20)29/h14-16,20H,4-12,34-37H2,1-3H3,(H,38,53)(H,43,44)(H,46,47)(H,50,51)/t14-,15?,16-,20-,28?,29?,30?,31?,32?,33?/m1/s1. The third-order valence-corrected chi connectivity index (χ3v) is 14.0. The van der Waals surface area contributed by atoms with Crippen molar-refractivity contribution in [2.75, 3.05) is 5.75 Å². The Morgan fingerprint density at radius 2 is 1.55 bits per heavy atom. The Balaban J connectivity index is 1.70. The van der Waals surface area contributed by atoms with Crippen LogP contribution < -0.4 is 28.3 Å². The molecule has 306 valence electrons. The molecule has 7 fully saturated rings. The van der Waals surface area contributed by atoms with Crippen LogP contribution in [0, 0.1) is 5.41 Å². The average Bonchev–Trinajstić information content (AvgIpc) is 3.60. The summed E-state index contributed by atoms with van der Waals surface area (Å²) in [6.07, 6.45) is -4.48. The molecular formula is C33H43N7O15S. The lowest BCUT2D eigenvalue weighted by atomic mass is 9.54. The lowest BCUT2D eigenvalue weighted by Crippen LogP contribution is -2.93. The van der Waals surface area contributed by atoms with Gasteiger partial charge < -0.3 is 52.2 Å². The first-order valence-electron chi connectivity index (χ1n) is 17.7. The Bertz CT molecular complexity index is 1910. The number of rotatable bonds is 6. The number of carboxylic acid groups (broad SMARTS) is 3. The summed E-state index contributed by atoms with van der Waals surface area (Å²) in [5.74, 6) is -14.6. The first kappa shape index (κ1) is 41.1. The number of fused-ring (bicyclic) bond motifs is 6. The molecule has 0 aromatic heterocycles. The van der Waals surface area contributed by atoms with Crippen molar-refractivity contribution in [3.05, 3.63) is 0 Å². The van der Waals surface area contributed by atoms with E-state index in [-0.39, 0.29) is 17.7 Å². The summed E-state index contributed by atoms with van der Waals surface area (Å²) in [5.41, 5.74) is 4.58. The average molecular weight is 810 g/mol. The Hall–Kier alpha value is -4.55. The predicted molar refractivity (Wildman–Crippen MR) is 184 cm³/mol. The molecule has 10 atom stereocenters. The number of aliphatic carboxylic acids is 3. The number of hydrogen-bond donors (Lipinski definition) is 8. The number of nitrogens with zero attached hydrogens (tertiary/aromatic N) is 2. The maximum atomic E-state index is 15.9. The lowest BCUT2D eigenvalue weighted by molar-refractivity contribution is -0.256. The Morgan fingerprint density at radius 1 is 0.911 bits per heavy atom. The fraction of sp³-hybridized carbons (Fsp3) is 0.697. The van der Waals surface area contributed by atoms with Crippen molar-refractivity contribution in [1.82, 2.24) is 15.1 Å². The zero-order valence-electron chi connectivity index (χ0n) is 30.5. The number of thioether (sulfide) groups is 1. The van der Waals surface area contributed by atoms with E-state index in [2.05, 4.69) is 5.32 Å². The quantitative estimate of drug-likeness (QED) is 0.0733. The van der Waals surface area contributed by atoms with Crippen LogP contribution in [-0.2, 0) is 52.6 Å². The number of carbonyl (C=O) groups excluding carboxylic acids is 7. The van der Waals surface area contributed by atoms with Gasteiger partial charge in [0.15, 0.2) is 22.8 Å². The van der Waals surface area contributed by atoms with Crippen molar-refractivity contribution < 1.29 is 72.7 Å². The molecule has 12 N–H and O–H groups in total. The van der Waals surface area contributed by atoms with E-state index in [1.54, 1.807) is 0 Å². The minimum atomic E-state index is -3.62. The highest BCUT2D eigenvalue weighted by molar-refractivity contribution is 8.00. The molecule has 1 spiro atoms. The number of hydrogen-bond acceptors (Lipinski definition) is 18. The molecule has 23 heteroatoms. The maximum absolute atomic E-state index is 15.9. The molecule has 0 aromatic carbocycles. The van der Waals surface area contributed by atoms with Gasteiger partial charge in [-0.05, 0) is 33.6 Å². The van der Waals surface area contributed by atoms with Gasteiger partial charge in [-0.25, -0.2) is 19.3 Å². The first-order valence-corrected chi connectivity index (χ1v) is 18.7. The van der Waals surface area contributed by atoms with E-state index in [1.807, 2.05) is 0 Å². The predicted octanol–water partition coefficient (Wildman–Crippen LogP) is -3.49. The number of amides is 2. The van der Waals surface area contributed by atoms with Crippen molar-refractivity contribution in [3.63, 3.8) is 0 Å². The molecule has 0 aromatic rings. The van der Waals surface area contributed by atoms with E-state index < -0.39 is 147 Å². The second kappa shape index (κ2) is 12.7. The molecule has 2 saturated carbocycles. The van der Waals surface area contributed by atoms with Crippen LogP contribution in [0.4, 0.5) is 4.79 Å². The van der Waals surface area contributed by atoms with Gasteiger partial charge in [0.2, 0.25) is 17.2 Å². The zero-order chi connectivity index (χ0) is 41.9. The minimum absolute atomic E-state index is 0.0434. The Kier molecular flexibility index (Phi) is 9.34. The summed E-state index contributed by atoms with van der Waals surface area (Å²) in [7, 11) is 0. The van der Waals surface area contributed by atoms with Crippen LogP contribution in [0.25, 0.3) is 0 Å². The van der Waals surface area contributed by atoms with E-state index in [9.17, 15) is 53.7 Å². The monoisotopic (exact) mass is 809 g/mol. The van der Waals surface area contributed by atoms with Gasteiger partial charge in [0.25, 0.3) is 0 Å². The summed E-state index contributed by atoms with van der Waals surface area (Å²) in [6.45, 7) is 2.63. The van der Waals surface area contributed by atoms with Gasteiger partial charge in [0, 0.05) is 30.3 Å². The summed E-state index contributed by atoms with van der Waals surface area (Å²) < 4.78 is 10.8. The molecule has 7 rings (SSSR count). The number of esters is 2. The molecule has 7 aliphatic rings. The molecule has 56 heavy (non-hydrogen) atoms. The van der Waals surface area contributed by atoms with Crippen LogP contribution in [0.15, 0.2) is 0 Å². The number of nitrogens with one attached hydrogen (secondary N) is 1. The van der Waals surface area contributed by atoms with Crippen molar-refractivity contribution >= 4 is 70.8 Å². The summed E-state index contributed by atoms with van der Waals surface area (Å²) in [6, 6.07) is -5.35. The van der Waals surface area contributed by atoms with Gasteiger partial charge in [-0.2, -0.15) is 11.8 Å². The van der Waals surface area contributed by atoms with Crippen LogP contribution in [0.3, 0.4) is 0 Å². The van der Waals surface area contributed by atoms with Crippen molar-refractivity contribution in [1.29, 1.82) is 0 Å². The van der Waals surface area contributed by atoms with Crippen molar-refractivity contribution in [2.24, 2.45) is 28.3 Å². The zero-order valence-corrected chi connectivity index (χ0v) is 31.3. The molecule has 22 nitrogen and oxygen atoms in total. The van der Waals surface area contributed by atoms with Crippen LogP contribution in [0.5, 0.6) is 0 Å². The number of nitrogens with two attached hydrogens (primary N) is 4. The number of morpholine rings is 1. The highest BCUT2D eigenvalue weighted by Crippen LogP contribution is 2.57. The van der Waals surface area contributed by atoms with E-state index in [1.165, 1.54) is 11.8 Å². The minimum Gasteiger partial charge on any atom is -0.481 e. The maximum Gasteiger partial charge on any atom is 0.343 e. The smallest absolute Gasteiger partial charge is 0.343 e. The van der Waals surface area contributed by atoms with Crippen LogP contribution in [-0.4, -0.2) is 147 Å². The summed E-state index contributed by atoms with van der Waals surface area (Å²) in [4.78, 5) is 141. The normalized spacial score (nSPS) is 41.9. The van der Waals surface area contributed by atoms with Gasteiger partial charge in [0.05, 0.1) is 30.3 Å². The number of ether oxygens (including phenoxy) is 2. The number of ketones is 4. The molecule has 7 unspecified atom stereocenters. The molecule has 0 radical (unpaired) electrons. The van der Waals surface area contributed by atoms with E-state index in [0.29, 0.717) is 18.6 Å². The third-order valence-electron chi connectivity index (χ3n) is 12.5. The van der Waals surface area contributed by atoms with Crippen LogP contribution in [0.1, 0.15) is 72.1 Å². The number of carbonyl (C=O) groups is 10. The third kappa shape index (κ3) is 5.06. The number of urea groups is 1. The van der Waals surface area contributed by atoms with E-state index in [4.69, 9.17) is 32.4 Å². The van der Waals surface area contributed by atoms with E-state index >= 15 is 9.59 Å². The van der Waals surface area contributed by atoms with Crippen molar-refractivity contribution in [3.8, 4) is 0 Å². The molecule has 5 heterocycles. The molecule has 2 aliphatic carbocycles. The van der Waals surface area contributed by atoms with E-state index in [0.717, 1.165) is 25.7 Å². The SMILES string of the molecule is CC1(C)OC(=O)C(N)(C2(C)CC(=O)CC34C(=O)CC(N)(OC(=O)CCCC[C@H]5SC[C@H]6NC(=O)N3[C@H]65)C(=O)C4(N)C2=O)N(C(CC(=O)O)C(=O)O)C1(N)C(=O)O. The van der Waals surface area contributed by atoms with Gasteiger partial charge in [-0.15, -0.1) is 0 Å². The van der Waals surface area contributed by atoms with Gasteiger partial charge in [0.1, 0.15) is 23.0 Å². The summed E-state index contributed by atoms with van der Waals surface area (Å²) in [5, 5.41) is 33.1. The Labute approximate surface area is 321 Å². The van der Waals surface area contributed by atoms with Gasteiger partial charge in [-0.1, -0.05) is 6.42 Å². The number of carboxylic acids is 3. The Morgan fingerprint density at radius 3 is 2.14 bits per heavy atom. The topological polar surface area (TPSA) is 372 Å². The fourth-order valence-corrected chi connectivity index (χ4v) is 11.3. The number of cyclic esters (lactones) is 1. The fourth-order valence-electron chi connectivity index (χ4n) is 9.72. The molecule has 2 bridgehead atoms. The molecule has 5 aliphatic heterocycles. The summed E-state index contributed by atoms with van der Waals surface area (Å²) >= 11 is 1.39. The van der Waals surface area contributed by atoms with Crippen LogP contribution >= 0.6 is 11.8 Å². The molecular weight excluding hydrogens is 766 g/mol. The van der Waals surface area contributed by atoms with Crippen LogP contribution in [0.2, 0.25) is 0 Å². The largest absolute Gasteiger partial charge is 0.481 e. The van der Waals surface area contributed by atoms with Gasteiger partial charge in [-0.3, -0.25) is 39.3 Å². The highest BCUT2D eigenvalue weighted by atomic mass is 32.2. The second-order valence-corrected chi connectivity index (χ2v) is 17.4. The van der Waals surface area contributed by atoms with Gasteiger partial charge >= 0.3 is 35.9 Å². The molecule has 5 saturated heterocycles.